The maximum absolute atomic E-state index is 12.5. The van der Waals surface area contributed by atoms with E-state index in [0.29, 0.717) is 19.4 Å². The Labute approximate surface area is 184 Å². The molecule has 14 heteroatoms. The molecule has 32 heavy (non-hydrogen) atoms. The lowest BCUT2D eigenvalue weighted by Crippen LogP contribution is -2.53. The van der Waals surface area contributed by atoms with E-state index < -0.39 is 66.7 Å². The summed E-state index contributed by atoms with van der Waals surface area (Å²) >= 11 is 0. The minimum atomic E-state index is -1.34. The minimum absolute atomic E-state index is 0.0207. The lowest BCUT2D eigenvalue weighted by molar-refractivity contribution is -0.143. The molecule has 3 atom stereocenters. The molecule has 14 nitrogen and oxygen atoms in total. The Morgan fingerprint density at radius 1 is 0.812 bits per heavy atom. The van der Waals surface area contributed by atoms with E-state index in [9.17, 15) is 33.9 Å². The predicted molar refractivity (Wildman–Crippen MR) is 111 cm³/mol. The summed E-state index contributed by atoms with van der Waals surface area (Å²) < 4.78 is 0. The first kappa shape index (κ1) is 28.7. The van der Waals surface area contributed by atoms with Gasteiger partial charge in [-0.15, -0.1) is 0 Å². The zero-order valence-electron chi connectivity index (χ0n) is 17.7. The molecule has 3 unspecified atom stereocenters. The number of carbonyl (C=O) groups excluding carboxylic acids is 4. The third kappa shape index (κ3) is 13.1. The lowest BCUT2D eigenvalue weighted by atomic mass is 10.1. The van der Waals surface area contributed by atoms with E-state index in [0.717, 1.165) is 0 Å². The summed E-state index contributed by atoms with van der Waals surface area (Å²) in [6.45, 7) is -0.214. The fraction of sp³-hybridized carbons (Fsp3) is 0.667. The molecule has 0 radical (unpaired) electrons. The van der Waals surface area contributed by atoms with Crippen molar-refractivity contribution in [3.8, 4) is 0 Å². The normalized spacial score (nSPS) is 13.3. The molecular formula is C18H32N6O8. The number of unbranched alkanes of at least 4 members (excludes halogenated alkanes) is 1. The monoisotopic (exact) mass is 460 g/mol. The summed E-state index contributed by atoms with van der Waals surface area (Å²) in [5.74, 6) is -5.55. The molecule has 0 fully saturated rings. The van der Waals surface area contributed by atoms with Crippen molar-refractivity contribution in [3.63, 3.8) is 0 Å². The van der Waals surface area contributed by atoms with Crippen molar-refractivity contribution in [3.05, 3.63) is 0 Å². The first-order valence-corrected chi connectivity index (χ1v) is 10.0. The molecule has 0 aromatic heterocycles. The Morgan fingerprint density at radius 2 is 1.47 bits per heavy atom. The number of nitrogens with two attached hydrogens (primary N) is 3. The topological polar surface area (TPSA) is 257 Å². The number of carbonyl (C=O) groups is 6. The van der Waals surface area contributed by atoms with Crippen molar-refractivity contribution >= 4 is 35.6 Å². The summed E-state index contributed by atoms with van der Waals surface area (Å²) in [4.78, 5) is 69.4. The Bertz CT molecular complexity index is 686. The Morgan fingerprint density at radius 3 is 2.00 bits per heavy atom. The molecule has 0 bridgehead atoms. The van der Waals surface area contributed by atoms with Gasteiger partial charge < -0.3 is 43.4 Å². The largest absolute Gasteiger partial charge is 0.481 e. The van der Waals surface area contributed by atoms with Crippen molar-refractivity contribution in [1.29, 1.82) is 0 Å². The summed E-state index contributed by atoms with van der Waals surface area (Å²) in [5.41, 5.74) is 15.9. The minimum Gasteiger partial charge on any atom is -0.481 e. The predicted octanol–water partition coefficient (Wildman–Crippen LogP) is -3.26. The van der Waals surface area contributed by atoms with Crippen LogP contribution in [0.2, 0.25) is 0 Å². The van der Waals surface area contributed by atoms with Gasteiger partial charge in [0.15, 0.2) is 0 Å². The highest BCUT2D eigenvalue weighted by Gasteiger charge is 2.27. The van der Waals surface area contributed by atoms with Crippen LogP contribution in [-0.2, 0) is 28.8 Å². The molecule has 0 spiro atoms. The molecule has 182 valence electrons. The van der Waals surface area contributed by atoms with Crippen LogP contribution in [0.25, 0.3) is 0 Å². The molecule has 0 aromatic rings. The first-order valence-electron chi connectivity index (χ1n) is 10.0. The number of hydrogen-bond donors (Lipinski definition) is 8. The third-order valence-corrected chi connectivity index (χ3v) is 4.32. The molecule has 0 rings (SSSR count). The van der Waals surface area contributed by atoms with Crippen LogP contribution in [0.4, 0.5) is 0 Å². The summed E-state index contributed by atoms with van der Waals surface area (Å²) in [5, 5.41) is 24.9. The molecule has 4 amide bonds. The number of carboxylic acid groups (broad SMARTS) is 2. The highest BCUT2D eigenvalue weighted by Crippen LogP contribution is 2.04. The van der Waals surface area contributed by atoms with Gasteiger partial charge in [-0.2, -0.15) is 0 Å². The second kappa shape index (κ2) is 15.5. The van der Waals surface area contributed by atoms with Crippen LogP contribution >= 0.6 is 0 Å². The van der Waals surface area contributed by atoms with Gasteiger partial charge in [0.1, 0.15) is 12.1 Å². The zero-order valence-corrected chi connectivity index (χ0v) is 17.7. The highest BCUT2D eigenvalue weighted by atomic mass is 16.4. The summed E-state index contributed by atoms with van der Waals surface area (Å²) in [6, 6.07) is -3.65. The van der Waals surface area contributed by atoms with Crippen molar-refractivity contribution in [1.82, 2.24) is 16.0 Å². The van der Waals surface area contributed by atoms with Crippen molar-refractivity contribution in [2.75, 3.05) is 13.1 Å². The number of primary amides is 1. The molecule has 0 heterocycles. The van der Waals surface area contributed by atoms with Crippen molar-refractivity contribution < 1.29 is 39.0 Å². The number of nitrogens with one attached hydrogen (secondary N) is 3. The molecule has 0 saturated carbocycles. The van der Waals surface area contributed by atoms with Crippen LogP contribution in [-0.4, -0.2) is 77.0 Å². The van der Waals surface area contributed by atoms with Crippen LogP contribution in [0.1, 0.15) is 44.9 Å². The third-order valence-electron chi connectivity index (χ3n) is 4.32. The van der Waals surface area contributed by atoms with Gasteiger partial charge in [0.25, 0.3) is 0 Å². The smallest absolute Gasteiger partial charge is 0.326 e. The van der Waals surface area contributed by atoms with Crippen LogP contribution in [0, 0.1) is 0 Å². The Hall–Kier alpha value is -3.26. The second-order valence-corrected chi connectivity index (χ2v) is 7.07. The van der Waals surface area contributed by atoms with E-state index in [4.69, 9.17) is 22.3 Å². The summed E-state index contributed by atoms with van der Waals surface area (Å²) in [6.07, 6.45) is 0.211. The average molecular weight is 460 g/mol. The van der Waals surface area contributed by atoms with Crippen LogP contribution < -0.4 is 33.2 Å². The van der Waals surface area contributed by atoms with Crippen LogP contribution in [0.15, 0.2) is 0 Å². The highest BCUT2D eigenvalue weighted by molar-refractivity contribution is 5.92. The van der Waals surface area contributed by atoms with E-state index >= 15 is 0 Å². The molecule has 0 aliphatic heterocycles. The second-order valence-electron chi connectivity index (χ2n) is 7.07. The van der Waals surface area contributed by atoms with Crippen molar-refractivity contribution in [2.45, 2.75) is 63.1 Å². The maximum Gasteiger partial charge on any atom is 0.326 e. The van der Waals surface area contributed by atoms with Gasteiger partial charge in [-0.25, -0.2) is 4.79 Å². The van der Waals surface area contributed by atoms with Gasteiger partial charge in [-0.3, -0.25) is 24.0 Å². The van der Waals surface area contributed by atoms with Gasteiger partial charge >= 0.3 is 11.9 Å². The number of carboxylic acids is 2. The molecule has 0 aliphatic carbocycles. The number of rotatable bonds is 17. The van der Waals surface area contributed by atoms with E-state index in [1.807, 2.05) is 0 Å². The quantitative estimate of drug-likeness (QED) is 0.100. The fourth-order valence-electron chi connectivity index (χ4n) is 2.53. The van der Waals surface area contributed by atoms with Gasteiger partial charge in [0.2, 0.25) is 23.6 Å². The Kier molecular flexibility index (Phi) is 13.9. The molecule has 0 aliphatic rings. The van der Waals surface area contributed by atoms with Gasteiger partial charge in [-0.1, -0.05) is 0 Å². The molecular weight excluding hydrogens is 428 g/mol. The molecule has 11 N–H and O–H groups in total. The van der Waals surface area contributed by atoms with E-state index in [1.165, 1.54) is 0 Å². The van der Waals surface area contributed by atoms with Crippen molar-refractivity contribution in [2.24, 2.45) is 17.2 Å². The first-order chi connectivity index (χ1) is 15.0. The van der Waals surface area contributed by atoms with Gasteiger partial charge in [0.05, 0.1) is 12.6 Å². The maximum atomic E-state index is 12.5. The van der Waals surface area contributed by atoms with Gasteiger partial charge in [0, 0.05) is 12.8 Å². The zero-order chi connectivity index (χ0) is 24.7. The summed E-state index contributed by atoms with van der Waals surface area (Å²) in [7, 11) is 0. The van der Waals surface area contributed by atoms with Gasteiger partial charge in [-0.05, 0) is 38.6 Å². The number of amides is 4. The number of hydrogen-bond acceptors (Lipinski definition) is 8. The van der Waals surface area contributed by atoms with Crippen LogP contribution in [0.3, 0.4) is 0 Å². The molecule has 0 saturated heterocycles. The Balaban J connectivity index is 4.91. The lowest BCUT2D eigenvalue weighted by Gasteiger charge is -2.21. The SMILES string of the molecule is NCCCCC(NC(=O)C(CCC(=O)O)NC(=O)CNC(=O)C(N)CCC(N)=O)C(=O)O. The van der Waals surface area contributed by atoms with Crippen LogP contribution in [0.5, 0.6) is 0 Å². The van der Waals surface area contributed by atoms with E-state index in [1.54, 1.807) is 0 Å². The average Bonchev–Trinajstić information content (AvgIpc) is 2.71. The van der Waals surface area contributed by atoms with E-state index in [2.05, 4.69) is 16.0 Å². The fourth-order valence-corrected chi connectivity index (χ4v) is 2.53. The van der Waals surface area contributed by atoms with E-state index in [-0.39, 0.29) is 25.7 Å². The molecule has 0 aromatic carbocycles. The standard InChI is InChI=1S/C18H32N6O8/c19-8-2-1-3-12(18(31)32)24-17(30)11(5-7-15(27)28)23-14(26)9-22-16(29)10(20)4-6-13(21)25/h10-12H,1-9,19-20H2,(H2,21,25)(H,22,29)(H,23,26)(H,24,30)(H,27,28)(H,31,32). The number of aliphatic carboxylic acids is 2.